The lowest BCUT2D eigenvalue weighted by atomic mass is 10.1. The molecule has 2 nitrogen and oxygen atoms in total. The lowest BCUT2D eigenvalue weighted by molar-refractivity contribution is -0.136. The molecule has 0 aliphatic heterocycles. The lowest BCUT2D eigenvalue weighted by Crippen LogP contribution is -1.99. The van der Waals surface area contributed by atoms with E-state index in [1.807, 2.05) is 30.3 Å². The molecule has 14 heavy (non-hydrogen) atoms. The van der Waals surface area contributed by atoms with E-state index in [0.717, 1.165) is 17.4 Å². The van der Waals surface area contributed by atoms with Crippen LogP contribution in [0.3, 0.4) is 0 Å². The van der Waals surface area contributed by atoms with Crippen LogP contribution in [0.1, 0.15) is 12.0 Å². The summed E-state index contributed by atoms with van der Waals surface area (Å²) in [5.74, 6) is -0.339. The molecule has 1 aromatic rings. The first kappa shape index (κ1) is 10.3. The number of carbonyl (C=O) groups is 1. The number of rotatable bonds is 4. The Morgan fingerprint density at radius 1 is 1.36 bits per heavy atom. The summed E-state index contributed by atoms with van der Waals surface area (Å²) in [4.78, 5) is 11.1. The number of ether oxygens (including phenoxy) is 1. The van der Waals surface area contributed by atoms with Crippen LogP contribution in [0.5, 0.6) is 0 Å². The molecule has 1 aromatic carbocycles. The zero-order chi connectivity index (χ0) is 10.4. The second-order valence-electron chi connectivity index (χ2n) is 2.80. The number of hydrogen-bond donors (Lipinski definition) is 0. The highest BCUT2D eigenvalue weighted by Gasteiger charge is 2.05. The molecule has 0 saturated carbocycles. The highest BCUT2D eigenvalue weighted by atomic mass is 16.5. The van der Waals surface area contributed by atoms with Crippen LogP contribution in [0.15, 0.2) is 49.8 Å². The van der Waals surface area contributed by atoms with Crippen LogP contribution < -0.4 is 0 Å². The van der Waals surface area contributed by atoms with Gasteiger partial charge in [-0.2, -0.15) is 0 Å². The summed E-state index contributed by atoms with van der Waals surface area (Å²) in [6.45, 7) is 7.12. The van der Waals surface area contributed by atoms with E-state index >= 15 is 0 Å². The van der Waals surface area contributed by atoms with Crippen molar-refractivity contribution in [3.05, 3.63) is 55.3 Å². The van der Waals surface area contributed by atoms with E-state index in [1.54, 1.807) is 0 Å². The predicted molar refractivity (Wildman–Crippen MR) is 56.4 cm³/mol. The quantitative estimate of drug-likeness (QED) is 0.536. The fraction of sp³-hybridized carbons (Fsp3) is 0.0833. The molecule has 2 heteroatoms. The summed E-state index contributed by atoms with van der Waals surface area (Å²) in [5, 5.41) is 0. The maximum atomic E-state index is 11.1. The number of hydrogen-bond acceptors (Lipinski definition) is 2. The average molecular weight is 188 g/mol. The molecule has 0 unspecified atom stereocenters. The zero-order valence-corrected chi connectivity index (χ0v) is 7.90. The molecule has 1 rings (SSSR count). The van der Waals surface area contributed by atoms with Crippen molar-refractivity contribution in [1.82, 2.24) is 0 Å². The largest absolute Gasteiger partial charge is 0.435 e. The van der Waals surface area contributed by atoms with Gasteiger partial charge < -0.3 is 4.74 Å². The molecule has 0 atom stereocenters. The molecule has 0 aliphatic rings. The molecule has 0 aromatic heterocycles. The van der Waals surface area contributed by atoms with E-state index in [0.29, 0.717) is 0 Å². The Hall–Kier alpha value is -1.83. The molecule has 0 saturated heterocycles. The SMILES string of the molecule is C=COC(=O)CC(=C)c1ccccc1. The van der Waals surface area contributed by atoms with Crippen LogP contribution in [0, 0.1) is 0 Å². The third-order valence-electron chi connectivity index (χ3n) is 1.75. The molecular formula is C12H12O2. The highest BCUT2D eigenvalue weighted by Crippen LogP contribution is 2.15. The van der Waals surface area contributed by atoms with Gasteiger partial charge in [-0.25, -0.2) is 0 Å². The van der Waals surface area contributed by atoms with Crippen LogP contribution in [-0.4, -0.2) is 5.97 Å². The first-order valence-corrected chi connectivity index (χ1v) is 4.27. The summed E-state index contributed by atoms with van der Waals surface area (Å²) in [7, 11) is 0. The highest BCUT2D eigenvalue weighted by molar-refractivity contribution is 5.84. The molecule has 72 valence electrons. The molecule has 0 bridgehead atoms. The van der Waals surface area contributed by atoms with Gasteiger partial charge in [-0.1, -0.05) is 43.5 Å². The first-order chi connectivity index (χ1) is 6.74. The lowest BCUT2D eigenvalue weighted by Gasteiger charge is -2.03. The van der Waals surface area contributed by atoms with Crippen molar-refractivity contribution >= 4 is 11.5 Å². The van der Waals surface area contributed by atoms with Crippen LogP contribution in [0.2, 0.25) is 0 Å². The maximum absolute atomic E-state index is 11.1. The smallest absolute Gasteiger partial charge is 0.315 e. The van der Waals surface area contributed by atoms with E-state index < -0.39 is 0 Å². The molecule has 0 amide bonds. The van der Waals surface area contributed by atoms with Crippen LogP contribution >= 0.6 is 0 Å². The maximum Gasteiger partial charge on any atom is 0.315 e. The van der Waals surface area contributed by atoms with Crippen LogP contribution in [0.25, 0.3) is 5.57 Å². The summed E-state index contributed by atoms with van der Waals surface area (Å²) in [5.41, 5.74) is 1.70. The van der Waals surface area contributed by atoms with Gasteiger partial charge >= 0.3 is 5.97 Å². The van der Waals surface area contributed by atoms with Gasteiger partial charge in [0.05, 0.1) is 12.7 Å². The van der Waals surface area contributed by atoms with Gasteiger partial charge in [-0.3, -0.25) is 4.79 Å². The van der Waals surface area contributed by atoms with E-state index in [-0.39, 0.29) is 12.4 Å². The Bertz CT molecular complexity index is 339. The van der Waals surface area contributed by atoms with Crippen molar-refractivity contribution in [2.24, 2.45) is 0 Å². The van der Waals surface area contributed by atoms with E-state index in [9.17, 15) is 4.79 Å². The second-order valence-corrected chi connectivity index (χ2v) is 2.80. The van der Waals surface area contributed by atoms with Crippen molar-refractivity contribution in [3.63, 3.8) is 0 Å². The standard InChI is InChI=1S/C12H12O2/c1-3-14-12(13)9-10(2)11-7-5-4-6-8-11/h3-8H,1-2,9H2. The normalized spacial score (nSPS) is 9.14. The third kappa shape index (κ3) is 2.90. The summed E-state index contributed by atoms with van der Waals surface area (Å²) < 4.78 is 4.60. The molecular weight excluding hydrogens is 176 g/mol. The first-order valence-electron chi connectivity index (χ1n) is 4.27. The van der Waals surface area contributed by atoms with Gasteiger partial charge in [-0.05, 0) is 11.1 Å². The van der Waals surface area contributed by atoms with Crippen LogP contribution in [0.4, 0.5) is 0 Å². The fourth-order valence-corrected chi connectivity index (χ4v) is 1.08. The average Bonchev–Trinajstić information content (AvgIpc) is 2.19. The Labute approximate surface area is 83.5 Å². The Morgan fingerprint density at radius 2 is 2.00 bits per heavy atom. The summed E-state index contributed by atoms with van der Waals surface area (Å²) >= 11 is 0. The summed E-state index contributed by atoms with van der Waals surface area (Å²) in [6, 6.07) is 9.53. The van der Waals surface area contributed by atoms with Gasteiger partial charge in [0.15, 0.2) is 0 Å². The van der Waals surface area contributed by atoms with Crippen LogP contribution in [-0.2, 0) is 9.53 Å². The summed E-state index contributed by atoms with van der Waals surface area (Å²) in [6.07, 6.45) is 1.32. The molecule has 0 radical (unpaired) electrons. The Morgan fingerprint density at radius 3 is 2.57 bits per heavy atom. The molecule has 0 N–H and O–H groups in total. The van der Waals surface area contributed by atoms with Crippen molar-refractivity contribution in [3.8, 4) is 0 Å². The van der Waals surface area contributed by atoms with E-state index in [1.165, 1.54) is 0 Å². The van der Waals surface area contributed by atoms with Gasteiger partial charge in [-0.15, -0.1) is 0 Å². The Kier molecular flexibility index (Phi) is 3.68. The second kappa shape index (κ2) is 5.02. The topological polar surface area (TPSA) is 26.3 Å². The van der Waals surface area contributed by atoms with Crippen molar-refractivity contribution < 1.29 is 9.53 Å². The Balaban J connectivity index is 2.59. The van der Waals surface area contributed by atoms with Crippen molar-refractivity contribution in [2.75, 3.05) is 0 Å². The van der Waals surface area contributed by atoms with Gasteiger partial charge in [0, 0.05) is 0 Å². The molecule has 0 heterocycles. The zero-order valence-electron chi connectivity index (χ0n) is 7.90. The molecule has 0 fully saturated rings. The van der Waals surface area contributed by atoms with Gasteiger partial charge in [0.25, 0.3) is 0 Å². The minimum absolute atomic E-state index is 0.191. The molecule has 0 aliphatic carbocycles. The van der Waals surface area contributed by atoms with Gasteiger partial charge in [0.1, 0.15) is 0 Å². The van der Waals surface area contributed by atoms with Gasteiger partial charge in [0.2, 0.25) is 0 Å². The van der Waals surface area contributed by atoms with E-state index in [2.05, 4.69) is 17.9 Å². The predicted octanol–water partition coefficient (Wildman–Crippen LogP) is 2.78. The van der Waals surface area contributed by atoms with E-state index in [4.69, 9.17) is 0 Å². The third-order valence-corrected chi connectivity index (χ3v) is 1.75. The number of carbonyl (C=O) groups excluding carboxylic acids is 1. The minimum Gasteiger partial charge on any atom is -0.435 e. The van der Waals surface area contributed by atoms with Crippen molar-refractivity contribution in [2.45, 2.75) is 6.42 Å². The fourth-order valence-electron chi connectivity index (χ4n) is 1.08. The number of benzene rings is 1. The van der Waals surface area contributed by atoms with Crippen molar-refractivity contribution in [1.29, 1.82) is 0 Å². The monoisotopic (exact) mass is 188 g/mol. The minimum atomic E-state index is -0.339. The molecule has 0 spiro atoms. The number of esters is 1.